The average Bonchev–Trinajstić information content (AvgIpc) is 3.38. The quantitative estimate of drug-likeness (QED) is 0.635. The molecule has 3 amide bonds. The molecule has 3 N–H and O–H groups in total. The van der Waals surface area contributed by atoms with E-state index >= 15 is 0 Å². The highest BCUT2D eigenvalue weighted by Gasteiger charge is 2.46. The molecule has 2 atom stereocenters. The van der Waals surface area contributed by atoms with Gasteiger partial charge in [-0.15, -0.1) is 11.3 Å². The Kier molecular flexibility index (Phi) is 5.49. The average molecular weight is 421 g/mol. The Morgan fingerprint density at radius 1 is 1.07 bits per heavy atom. The summed E-state index contributed by atoms with van der Waals surface area (Å²) in [6, 6.07) is 18.8. The van der Waals surface area contributed by atoms with Crippen LogP contribution in [-0.4, -0.2) is 28.8 Å². The Morgan fingerprint density at radius 3 is 2.57 bits per heavy atom. The van der Waals surface area contributed by atoms with Crippen LogP contribution >= 0.6 is 11.3 Å². The second-order valence-electron chi connectivity index (χ2n) is 6.82. The maximum atomic E-state index is 12.5. The summed E-state index contributed by atoms with van der Waals surface area (Å²) < 4.78 is 5.51. The summed E-state index contributed by atoms with van der Waals surface area (Å²) in [6.07, 6.45) is -1.47. The van der Waals surface area contributed by atoms with Crippen molar-refractivity contribution in [3.8, 4) is 0 Å². The first-order valence-corrected chi connectivity index (χ1v) is 10.2. The van der Waals surface area contributed by atoms with Crippen molar-refractivity contribution in [3.05, 3.63) is 88.1 Å². The highest BCUT2D eigenvalue weighted by Crippen LogP contribution is 2.34. The standard InChI is InChI=1S/C22H19N3O4S/c23-20(26)18-19(29-22(28)25(18)13-14-6-2-1-3-7-14)15-8-4-9-16(12-15)24-21(27)17-10-5-11-30-17/h1-12,18-19H,13H2,(H2,23,26)(H,24,27). The fraction of sp³-hybridized carbons (Fsp3) is 0.136. The molecule has 3 aromatic rings. The molecule has 152 valence electrons. The van der Waals surface area contributed by atoms with E-state index in [1.54, 1.807) is 36.4 Å². The Hall–Kier alpha value is -3.65. The van der Waals surface area contributed by atoms with Crippen molar-refractivity contribution in [1.82, 2.24) is 4.90 Å². The first-order valence-electron chi connectivity index (χ1n) is 9.28. The van der Waals surface area contributed by atoms with Crippen LogP contribution in [0, 0.1) is 0 Å². The number of carbonyl (C=O) groups is 3. The van der Waals surface area contributed by atoms with Gasteiger partial charge in [-0.25, -0.2) is 4.79 Å². The van der Waals surface area contributed by atoms with E-state index in [9.17, 15) is 14.4 Å². The lowest BCUT2D eigenvalue weighted by Gasteiger charge is -2.22. The SMILES string of the molecule is NC(=O)C1C(c2cccc(NC(=O)c3cccs3)c2)OC(=O)N1Cc1ccccc1. The van der Waals surface area contributed by atoms with Crippen LogP contribution in [0.15, 0.2) is 72.1 Å². The highest BCUT2D eigenvalue weighted by atomic mass is 32.1. The number of anilines is 1. The van der Waals surface area contributed by atoms with E-state index in [0.717, 1.165) is 5.56 Å². The number of hydrogen-bond acceptors (Lipinski definition) is 5. The lowest BCUT2D eigenvalue weighted by Crippen LogP contribution is -2.43. The van der Waals surface area contributed by atoms with Crippen LogP contribution in [0.4, 0.5) is 10.5 Å². The number of cyclic esters (lactones) is 1. The van der Waals surface area contributed by atoms with Crippen molar-refractivity contribution in [2.75, 3.05) is 5.32 Å². The van der Waals surface area contributed by atoms with Crippen molar-refractivity contribution in [3.63, 3.8) is 0 Å². The number of carbonyl (C=O) groups excluding carboxylic acids is 3. The number of primary amides is 1. The first kappa shape index (κ1) is 19.7. The molecule has 2 aromatic carbocycles. The number of nitrogens with zero attached hydrogens (tertiary/aromatic N) is 1. The summed E-state index contributed by atoms with van der Waals surface area (Å²) in [7, 11) is 0. The molecule has 2 heterocycles. The Morgan fingerprint density at radius 2 is 1.87 bits per heavy atom. The van der Waals surface area contributed by atoms with Gasteiger partial charge in [0.05, 0.1) is 11.4 Å². The predicted octanol–water partition coefficient (Wildman–Crippen LogP) is 3.55. The van der Waals surface area contributed by atoms with Crippen LogP contribution in [0.3, 0.4) is 0 Å². The largest absolute Gasteiger partial charge is 0.438 e. The molecule has 7 nitrogen and oxygen atoms in total. The zero-order valence-corrected chi connectivity index (χ0v) is 16.7. The monoisotopic (exact) mass is 421 g/mol. The second kappa shape index (κ2) is 8.38. The summed E-state index contributed by atoms with van der Waals surface area (Å²) in [5.41, 5.74) is 7.60. The fourth-order valence-electron chi connectivity index (χ4n) is 3.41. The molecule has 0 bridgehead atoms. The molecule has 1 saturated heterocycles. The smallest absolute Gasteiger partial charge is 0.411 e. The molecule has 1 fully saturated rings. The van der Waals surface area contributed by atoms with Crippen molar-refractivity contribution < 1.29 is 19.1 Å². The number of thiophene rings is 1. The van der Waals surface area contributed by atoms with Gasteiger partial charge in [0.1, 0.15) is 0 Å². The van der Waals surface area contributed by atoms with Gasteiger partial charge >= 0.3 is 6.09 Å². The fourth-order valence-corrected chi connectivity index (χ4v) is 4.03. The van der Waals surface area contributed by atoms with Gasteiger partial charge in [-0.3, -0.25) is 14.5 Å². The lowest BCUT2D eigenvalue weighted by molar-refractivity contribution is -0.123. The van der Waals surface area contributed by atoms with Crippen molar-refractivity contribution in [2.45, 2.75) is 18.7 Å². The van der Waals surface area contributed by atoms with E-state index in [4.69, 9.17) is 10.5 Å². The Labute approximate surface area is 177 Å². The topological polar surface area (TPSA) is 102 Å². The third-order valence-electron chi connectivity index (χ3n) is 4.79. The van der Waals surface area contributed by atoms with Gasteiger partial charge in [0, 0.05) is 5.69 Å². The Bertz CT molecular complexity index is 1070. The number of ether oxygens (including phenoxy) is 1. The van der Waals surface area contributed by atoms with E-state index in [1.165, 1.54) is 16.2 Å². The van der Waals surface area contributed by atoms with Crippen molar-refractivity contribution in [2.24, 2.45) is 5.73 Å². The van der Waals surface area contributed by atoms with Gasteiger partial charge in [-0.2, -0.15) is 0 Å². The predicted molar refractivity (Wildman–Crippen MR) is 113 cm³/mol. The van der Waals surface area contributed by atoms with Crippen LogP contribution in [0.2, 0.25) is 0 Å². The van der Waals surface area contributed by atoms with Gasteiger partial charge in [0.25, 0.3) is 5.91 Å². The zero-order valence-electron chi connectivity index (χ0n) is 15.9. The number of benzene rings is 2. The molecule has 1 aliphatic heterocycles. The molecule has 4 rings (SSSR count). The summed E-state index contributed by atoms with van der Waals surface area (Å²) in [4.78, 5) is 39.0. The molecule has 30 heavy (non-hydrogen) atoms. The molecule has 0 saturated carbocycles. The van der Waals surface area contributed by atoms with E-state index in [2.05, 4.69) is 5.32 Å². The number of rotatable bonds is 6. The molecule has 2 unspecified atom stereocenters. The summed E-state index contributed by atoms with van der Waals surface area (Å²) in [6.45, 7) is 0.207. The number of hydrogen-bond donors (Lipinski definition) is 2. The molecule has 8 heteroatoms. The summed E-state index contributed by atoms with van der Waals surface area (Å²) in [5.74, 6) is -0.891. The third kappa shape index (κ3) is 4.04. The maximum absolute atomic E-state index is 12.5. The first-order chi connectivity index (χ1) is 14.5. The van der Waals surface area contributed by atoms with E-state index in [0.29, 0.717) is 16.1 Å². The van der Waals surface area contributed by atoms with Crippen LogP contribution in [0.5, 0.6) is 0 Å². The molecule has 0 aliphatic carbocycles. The minimum atomic E-state index is -0.957. The molecule has 0 radical (unpaired) electrons. The maximum Gasteiger partial charge on any atom is 0.411 e. The van der Waals surface area contributed by atoms with Gasteiger partial charge in [0.15, 0.2) is 12.1 Å². The third-order valence-corrected chi connectivity index (χ3v) is 5.66. The molecular weight excluding hydrogens is 402 g/mol. The molecular formula is C22H19N3O4S. The van der Waals surface area contributed by atoms with E-state index in [-0.39, 0.29) is 12.5 Å². The van der Waals surface area contributed by atoms with E-state index < -0.39 is 24.1 Å². The minimum absolute atomic E-state index is 0.207. The second-order valence-corrected chi connectivity index (χ2v) is 7.77. The van der Waals surface area contributed by atoms with Crippen LogP contribution in [0.25, 0.3) is 0 Å². The van der Waals surface area contributed by atoms with Gasteiger partial charge < -0.3 is 15.8 Å². The number of amides is 3. The normalized spacial score (nSPS) is 18.1. The lowest BCUT2D eigenvalue weighted by atomic mass is 10.0. The number of nitrogens with one attached hydrogen (secondary N) is 1. The highest BCUT2D eigenvalue weighted by molar-refractivity contribution is 7.12. The minimum Gasteiger partial charge on any atom is -0.438 e. The molecule has 0 spiro atoms. The number of nitrogens with two attached hydrogens (primary N) is 1. The van der Waals surface area contributed by atoms with Gasteiger partial charge in [0.2, 0.25) is 5.91 Å². The van der Waals surface area contributed by atoms with Gasteiger partial charge in [-0.05, 0) is 34.7 Å². The van der Waals surface area contributed by atoms with Crippen LogP contribution in [0.1, 0.15) is 26.9 Å². The van der Waals surface area contributed by atoms with E-state index in [1.807, 2.05) is 35.7 Å². The van der Waals surface area contributed by atoms with Crippen LogP contribution < -0.4 is 11.1 Å². The Balaban J connectivity index is 1.57. The van der Waals surface area contributed by atoms with Crippen molar-refractivity contribution in [1.29, 1.82) is 0 Å². The zero-order chi connectivity index (χ0) is 21.1. The summed E-state index contributed by atoms with van der Waals surface area (Å²) >= 11 is 1.34. The van der Waals surface area contributed by atoms with Crippen molar-refractivity contribution >= 4 is 34.9 Å². The summed E-state index contributed by atoms with van der Waals surface area (Å²) in [5, 5.41) is 4.64. The van der Waals surface area contributed by atoms with Crippen LogP contribution in [-0.2, 0) is 16.1 Å². The molecule has 1 aromatic heterocycles. The molecule has 1 aliphatic rings. The van der Waals surface area contributed by atoms with Gasteiger partial charge in [-0.1, -0.05) is 48.5 Å².